The number of benzene rings is 1. The molecule has 4 rings (SSSR count). The topological polar surface area (TPSA) is 52.3 Å². The monoisotopic (exact) mass is 418 g/mol. The molecule has 3 heterocycles. The average Bonchev–Trinajstić information content (AvgIpc) is 3.23. The Labute approximate surface area is 154 Å². The van der Waals surface area contributed by atoms with Crippen LogP contribution in [0.25, 0.3) is 17.0 Å². The Morgan fingerprint density at radius 2 is 2.08 bits per heavy atom. The summed E-state index contributed by atoms with van der Waals surface area (Å²) >= 11 is 6.66. The van der Waals surface area contributed by atoms with E-state index >= 15 is 0 Å². The molecule has 0 aliphatic carbocycles. The van der Waals surface area contributed by atoms with E-state index in [1.807, 2.05) is 47.2 Å². The molecule has 0 amide bonds. The van der Waals surface area contributed by atoms with Crippen molar-refractivity contribution in [1.82, 2.24) is 19.8 Å². The van der Waals surface area contributed by atoms with Crippen molar-refractivity contribution in [3.8, 4) is 17.1 Å². The summed E-state index contributed by atoms with van der Waals surface area (Å²) in [6.07, 6.45) is 0. The molecule has 0 N–H and O–H groups in total. The highest BCUT2D eigenvalue weighted by molar-refractivity contribution is 9.10. The van der Waals surface area contributed by atoms with Crippen LogP contribution in [0.3, 0.4) is 0 Å². The van der Waals surface area contributed by atoms with Gasteiger partial charge < -0.3 is 4.74 Å². The van der Waals surface area contributed by atoms with Crippen LogP contribution in [0.4, 0.5) is 0 Å². The van der Waals surface area contributed by atoms with Gasteiger partial charge >= 0.3 is 0 Å². The SMILES string of the molecule is COc1ccc(Br)cc1Sc1ccc2nnc(-c3ccsc3)n2n1. The van der Waals surface area contributed by atoms with Crippen molar-refractivity contribution < 1.29 is 4.74 Å². The molecule has 0 atom stereocenters. The van der Waals surface area contributed by atoms with Gasteiger partial charge in [0.25, 0.3) is 0 Å². The summed E-state index contributed by atoms with van der Waals surface area (Å²) in [6, 6.07) is 11.8. The van der Waals surface area contributed by atoms with Gasteiger partial charge in [0.1, 0.15) is 10.8 Å². The van der Waals surface area contributed by atoms with Crippen LogP contribution in [0.15, 0.2) is 61.6 Å². The Balaban J connectivity index is 1.76. The van der Waals surface area contributed by atoms with E-state index in [4.69, 9.17) is 4.74 Å². The van der Waals surface area contributed by atoms with Gasteiger partial charge in [-0.2, -0.15) is 21.0 Å². The highest BCUT2D eigenvalue weighted by atomic mass is 79.9. The first-order chi connectivity index (χ1) is 11.7. The Morgan fingerprint density at radius 3 is 2.88 bits per heavy atom. The number of hydrogen-bond acceptors (Lipinski definition) is 6. The minimum atomic E-state index is 0.724. The Morgan fingerprint density at radius 1 is 1.17 bits per heavy atom. The zero-order chi connectivity index (χ0) is 16.5. The molecule has 0 aliphatic heterocycles. The molecule has 0 saturated heterocycles. The zero-order valence-electron chi connectivity index (χ0n) is 12.5. The van der Waals surface area contributed by atoms with Crippen LogP contribution in [-0.2, 0) is 0 Å². The normalized spacial score (nSPS) is 11.1. The third-order valence-corrected chi connectivity index (χ3v) is 5.50. The molecule has 0 bridgehead atoms. The fourth-order valence-electron chi connectivity index (χ4n) is 2.24. The molecule has 0 saturated carbocycles. The van der Waals surface area contributed by atoms with Gasteiger partial charge in [0.05, 0.1) is 12.0 Å². The number of halogens is 1. The molecule has 0 fully saturated rings. The molecule has 0 aliphatic rings. The molecule has 120 valence electrons. The predicted octanol–water partition coefficient (Wildman–Crippen LogP) is 4.78. The number of hydrogen-bond donors (Lipinski definition) is 0. The summed E-state index contributed by atoms with van der Waals surface area (Å²) in [6.45, 7) is 0. The van der Waals surface area contributed by atoms with E-state index in [-0.39, 0.29) is 0 Å². The van der Waals surface area contributed by atoms with Gasteiger partial charge in [-0.1, -0.05) is 27.7 Å². The van der Waals surface area contributed by atoms with E-state index in [0.717, 1.165) is 37.2 Å². The van der Waals surface area contributed by atoms with E-state index < -0.39 is 0 Å². The molecule has 8 heteroatoms. The zero-order valence-corrected chi connectivity index (χ0v) is 15.7. The number of nitrogens with zero attached hydrogens (tertiary/aromatic N) is 4. The molecule has 0 unspecified atom stereocenters. The molecule has 0 spiro atoms. The second-order valence-electron chi connectivity index (χ2n) is 4.87. The fraction of sp³-hybridized carbons (Fsp3) is 0.0625. The number of fused-ring (bicyclic) bond motifs is 1. The Bertz CT molecular complexity index is 1000. The van der Waals surface area contributed by atoms with E-state index in [9.17, 15) is 0 Å². The lowest BCUT2D eigenvalue weighted by Gasteiger charge is -2.08. The van der Waals surface area contributed by atoms with Crippen molar-refractivity contribution in [2.75, 3.05) is 7.11 Å². The first-order valence-electron chi connectivity index (χ1n) is 7.01. The third-order valence-electron chi connectivity index (χ3n) is 3.36. The Hall–Kier alpha value is -1.90. The maximum absolute atomic E-state index is 5.43. The number of rotatable bonds is 4. The standard InChI is InChI=1S/C16H11BrN4OS2/c1-22-12-3-2-11(17)8-13(12)24-15-5-4-14-18-19-16(21(14)20-15)10-6-7-23-9-10/h2-9H,1H3. The molecule has 5 nitrogen and oxygen atoms in total. The van der Waals surface area contributed by atoms with Crippen LogP contribution >= 0.6 is 39.0 Å². The van der Waals surface area contributed by atoms with E-state index in [1.165, 1.54) is 11.8 Å². The summed E-state index contributed by atoms with van der Waals surface area (Å²) in [5, 5.41) is 18.0. The minimum Gasteiger partial charge on any atom is -0.496 e. The molecule has 4 aromatic rings. The van der Waals surface area contributed by atoms with Gasteiger partial charge in [-0.15, -0.1) is 10.2 Å². The van der Waals surface area contributed by atoms with Crippen molar-refractivity contribution >= 4 is 44.7 Å². The molecule has 3 aromatic heterocycles. The highest BCUT2D eigenvalue weighted by Crippen LogP contribution is 2.36. The first-order valence-corrected chi connectivity index (χ1v) is 9.56. The lowest BCUT2D eigenvalue weighted by Crippen LogP contribution is -1.96. The minimum absolute atomic E-state index is 0.724. The summed E-state index contributed by atoms with van der Waals surface area (Å²) in [5.74, 6) is 1.56. The molecule has 1 aromatic carbocycles. The van der Waals surface area contributed by atoms with Crippen LogP contribution in [0.1, 0.15) is 0 Å². The predicted molar refractivity (Wildman–Crippen MR) is 98.9 cm³/mol. The Kier molecular flexibility index (Phi) is 4.26. The van der Waals surface area contributed by atoms with Crippen LogP contribution in [0.5, 0.6) is 5.75 Å². The van der Waals surface area contributed by atoms with E-state index in [0.29, 0.717) is 0 Å². The number of aromatic nitrogens is 4. The number of thiophene rings is 1. The highest BCUT2D eigenvalue weighted by Gasteiger charge is 2.12. The smallest absolute Gasteiger partial charge is 0.186 e. The second-order valence-corrected chi connectivity index (χ2v) is 7.63. The number of ether oxygens (including phenoxy) is 1. The van der Waals surface area contributed by atoms with Gasteiger partial charge in [0, 0.05) is 15.4 Å². The van der Waals surface area contributed by atoms with Crippen LogP contribution < -0.4 is 4.74 Å². The van der Waals surface area contributed by atoms with Crippen LogP contribution in [0, 0.1) is 0 Å². The molecule has 24 heavy (non-hydrogen) atoms. The maximum atomic E-state index is 5.43. The average molecular weight is 419 g/mol. The lowest BCUT2D eigenvalue weighted by molar-refractivity contribution is 0.404. The van der Waals surface area contributed by atoms with Crippen molar-refractivity contribution in [2.24, 2.45) is 0 Å². The molecule has 0 radical (unpaired) electrons. The van der Waals surface area contributed by atoms with Crippen molar-refractivity contribution in [2.45, 2.75) is 9.92 Å². The summed E-state index contributed by atoms with van der Waals surface area (Å²) in [4.78, 5) is 0.990. The summed E-state index contributed by atoms with van der Waals surface area (Å²) in [7, 11) is 1.67. The fourth-order valence-corrected chi connectivity index (χ4v) is 4.31. The summed E-state index contributed by atoms with van der Waals surface area (Å²) < 4.78 is 8.20. The molecular formula is C16H11BrN4OS2. The number of methoxy groups -OCH3 is 1. The lowest BCUT2D eigenvalue weighted by atomic mass is 10.3. The third kappa shape index (κ3) is 2.92. The van der Waals surface area contributed by atoms with E-state index in [1.54, 1.807) is 23.0 Å². The van der Waals surface area contributed by atoms with Gasteiger partial charge in [-0.05, 0) is 41.8 Å². The first kappa shape index (κ1) is 15.6. The van der Waals surface area contributed by atoms with Crippen LogP contribution in [0.2, 0.25) is 0 Å². The van der Waals surface area contributed by atoms with Crippen molar-refractivity contribution in [1.29, 1.82) is 0 Å². The van der Waals surface area contributed by atoms with Crippen molar-refractivity contribution in [3.63, 3.8) is 0 Å². The van der Waals surface area contributed by atoms with E-state index in [2.05, 4.69) is 31.2 Å². The largest absolute Gasteiger partial charge is 0.496 e. The quantitative estimate of drug-likeness (QED) is 0.477. The van der Waals surface area contributed by atoms with Gasteiger partial charge in [-0.3, -0.25) is 0 Å². The van der Waals surface area contributed by atoms with Gasteiger partial charge in [-0.25, -0.2) is 0 Å². The molecular weight excluding hydrogens is 408 g/mol. The maximum Gasteiger partial charge on any atom is 0.186 e. The van der Waals surface area contributed by atoms with Gasteiger partial charge in [0.15, 0.2) is 11.5 Å². The summed E-state index contributed by atoms with van der Waals surface area (Å²) in [5.41, 5.74) is 1.74. The van der Waals surface area contributed by atoms with Crippen LogP contribution in [-0.4, -0.2) is 26.9 Å². The second kappa shape index (κ2) is 6.54. The van der Waals surface area contributed by atoms with Crippen molar-refractivity contribution in [3.05, 3.63) is 51.6 Å². The van der Waals surface area contributed by atoms with Gasteiger partial charge in [0.2, 0.25) is 0 Å².